The van der Waals surface area contributed by atoms with Crippen LogP contribution in [-0.4, -0.2) is 20.9 Å². The number of halogens is 3. The second-order valence-corrected chi connectivity index (χ2v) is 4.28. The predicted molar refractivity (Wildman–Crippen MR) is 64.5 cm³/mol. The van der Waals surface area contributed by atoms with E-state index < -0.39 is 11.6 Å². The third-order valence-electron chi connectivity index (χ3n) is 2.53. The first kappa shape index (κ1) is 13.0. The summed E-state index contributed by atoms with van der Waals surface area (Å²) in [7, 11) is 0. The summed E-state index contributed by atoms with van der Waals surface area (Å²) >= 11 is 5.58. The number of rotatable bonds is 5. The van der Waals surface area contributed by atoms with Crippen molar-refractivity contribution in [1.29, 1.82) is 0 Å². The fourth-order valence-electron chi connectivity index (χ4n) is 1.62. The van der Waals surface area contributed by atoms with E-state index in [2.05, 4.69) is 10.3 Å². The van der Waals surface area contributed by atoms with E-state index in [4.69, 9.17) is 11.6 Å². The maximum atomic E-state index is 13.4. The average molecular weight is 272 g/mol. The van der Waals surface area contributed by atoms with Crippen molar-refractivity contribution in [3.05, 3.63) is 47.3 Å². The SMILES string of the molecule is Fc1cccc(F)c1Cn1cc(CCCCl)nn1. The van der Waals surface area contributed by atoms with E-state index >= 15 is 0 Å². The van der Waals surface area contributed by atoms with Crippen LogP contribution in [0.25, 0.3) is 0 Å². The molecule has 0 aliphatic rings. The molecule has 0 unspecified atom stereocenters. The maximum Gasteiger partial charge on any atom is 0.131 e. The monoisotopic (exact) mass is 271 g/mol. The molecule has 0 fully saturated rings. The molecule has 0 N–H and O–H groups in total. The third kappa shape index (κ3) is 3.04. The molecule has 2 rings (SSSR count). The highest BCUT2D eigenvalue weighted by molar-refractivity contribution is 6.17. The molecule has 0 aliphatic heterocycles. The van der Waals surface area contributed by atoms with Crippen LogP contribution in [0.15, 0.2) is 24.4 Å². The Morgan fingerprint density at radius 2 is 1.94 bits per heavy atom. The van der Waals surface area contributed by atoms with Crippen molar-refractivity contribution in [2.75, 3.05) is 5.88 Å². The van der Waals surface area contributed by atoms with Crippen LogP contribution in [0.5, 0.6) is 0 Å². The molecule has 0 amide bonds. The summed E-state index contributed by atoms with van der Waals surface area (Å²) in [6, 6.07) is 3.79. The van der Waals surface area contributed by atoms with Crippen molar-refractivity contribution >= 4 is 11.6 Å². The largest absolute Gasteiger partial charge is 0.248 e. The van der Waals surface area contributed by atoms with Gasteiger partial charge in [0.05, 0.1) is 12.2 Å². The molecule has 1 aromatic heterocycles. The van der Waals surface area contributed by atoms with Gasteiger partial charge in [0.25, 0.3) is 0 Å². The van der Waals surface area contributed by atoms with Crippen molar-refractivity contribution in [3.63, 3.8) is 0 Å². The standard InChI is InChI=1S/C12H12ClF2N3/c13-6-2-3-9-7-18(17-16-9)8-10-11(14)4-1-5-12(10)15/h1,4-5,7H,2-3,6,8H2. The number of aryl methyl sites for hydroxylation is 1. The molecule has 1 heterocycles. The van der Waals surface area contributed by atoms with Gasteiger partial charge in [-0.25, -0.2) is 13.5 Å². The van der Waals surface area contributed by atoms with E-state index in [1.807, 2.05) is 0 Å². The zero-order chi connectivity index (χ0) is 13.0. The average Bonchev–Trinajstić information content (AvgIpc) is 2.79. The summed E-state index contributed by atoms with van der Waals surface area (Å²) in [6.45, 7) is 0.0341. The van der Waals surface area contributed by atoms with Crippen LogP contribution in [0.4, 0.5) is 8.78 Å². The predicted octanol–water partition coefficient (Wildman–Crippen LogP) is 2.78. The van der Waals surface area contributed by atoms with Crippen molar-refractivity contribution in [2.45, 2.75) is 19.4 Å². The Morgan fingerprint density at radius 1 is 1.22 bits per heavy atom. The Bertz CT molecular complexity index is 508. The molecule has 96 valence electrons. The van der Waals surface area contributed by atoms with Crippen LogP contribution in [0, 0.1) is 11.6 Å². The maximum absolute atomic E-state index is 13.4. The number of hydrogen-bond donors (Lipinski definition) is 0. The lowest BCUT2D eigenvalue weighted by Gasteiger charge is -2.03. The fraction of sp³-hybridized carbons (Fsp3) is 0.333. The zero-order valence-electron chi connectivity index (χ0n) is 9.61. The van der Waals surface area contributed by atoms with Gasteiger partial charge in [0.15, 0.2) is 0 Å². The quantitative estimate of drug-likeness (QED) is 0.783. The summed E-state index contributed by atoms with van der Waals surface area (Å²) in [5.74, 6) is -0.602. The number of alkyl halides is 1. The minimum absolute atomic E-state index is 0.00806. The number of hydrogen-bond acceptors (Lipinski definition) is 2. The summed E-state index contributed by atoms with van der Waals surface area (Å²) < 4.78 is 28.3. The molecule has 18 heavy (non-hydrogen) atoms. The molecule has 0 aliphatic carbocycles. The lowest BCUT2D eigenvalue weighted by Crippen LogP contribution is -2.05. The minimum Gasteiger partial charge on any atom is -0.248 e. The lowest BCUT2D eigenvalue weighted by molar-refractivity contribution is 0.528. The Balaban J connectivity index is 2.11. The van der Waals surface area contributed by atoms with Gasteiger partial charge in [0.1, 0.15) is 11.6 Å². The first-order chi connectivity index (χ1) is 8.70. The molecule has 1 aromatic carbocycles. The van der Waals surface area contributed by atoms with E-state index in [9.17, 15) is 8.78 Å². The van der Waals surface area contributed by atoms with E-state index in [-0.39, 0.29) is 12.1 Å². The van der Waals surface area contributed by atoms with Gasteiger partial charge < -0.3 is 0 Å². The van der Waals surface area contributed by atoms with Gasteiger partial charge in [-0.3, -0.25) is 0 Å². The van der Waals surface area contributed by atoms with Gasteiger partial charge in [-0.2, -0.15) is 0 Å². The summed E-state index contributed by atoms with van der Waals surface area (Å²) in [6.07, 6.45) is 3.19. The van der Waals surface area contributed by atoms with E-state index in [0.717, 1.165) is 12.1 Å². The minimum atomic E-state index is -0.576. The first-order valence-electron chi connectivity index (χ1n) is 5.58. The second-order valence-electron chi connectivity index (χ2n) is 3.90. The Kier molecular flexibility index (Phi) is 4.25. The molecule has 6 heteroatoms. The van der Waals surface area contributed by atoms with Gasteiger partial charge in [-0.15, -0.1) is 16.7 Å². The van der Waals surface area contributed by atoms with E-state index in [1.165, 1.54) is 22.9 Å². The Hall–Kier alpha value is -1.49. The number of benzene rings is 1. The van der Waals surface area contributed by atoms with Crippen LogP contribution in [0.1, 0.15) is 17.7 Å². The highest BCUT2D eigenvalue weighted by Gasteiger charge is 2.10. The summed E-state index contributed by atoms with van der Waals surface area (Å²) in [5, 5.41) is 7.76. The molecule has 2 aromatic rings. The number of aromatic nitrogens is 3. The van der Waals surface area contributed by atoms with Crippen LogP contribution >= 0.6 is 11.6 Å². The molecule has 0 saturated carbocycles. The molecule has 0 bridgehead atoms. The topological polar surface area (TPSA) is 30.7 Å². The van der Waals surface area contributed by atoms with Crippen molar-refractivity contribution in [3.8, 4) is 0 Å². The van der Waals surface area contributed by atoms with Gasteiger partial charge in [-0.1, -0.05) is 11.3 Å². The van der Waals surface area contributed by atoms with Crippen LogP contribution in [0.3, 0.4) is 0 Å². The van der Waals surface area contributed by atoms with Gasteiger partial charge in [0.2, 0.25) is 0 Å². The fourth-order valence-corrected chi connectivity index (χ4v) is 1.76. The van der Waals surface area contributed by atoms with E-state index in [1.54, 1.807) is 6.20 Å². The van der Waals surface area contributed by atoms with Gasteiger partial charge >= 0.3 is 0 Å². The Labute approximate surface area is 108 Å². The highest BCUT2D eigenvalue weighted by atomic mass is 35.5. The summed E-state index contributed by atoms with van der Waals surface area (Å²) in [5.41, 5.74) is 0.763. The van der Waals surface area contributed by atoms with Crippen LogP contribution < -0.4 is 0 Å². The molecule has 0 spiro atoms. The van der Waals surface area contributed by atoms with Crippen LogP contribution in [-0.2, 0) is 13.0 Å². The summed E-state index contributed by atoms with van der Waals surface area (Å²) in [4.78, 5) is 0. The van der Waals surface area contributed by atoms with Crippen molar-refractivity contribution in [1.82, 2.24) is 15.0 Å². The Morgan fingerprint density at radius 3 is 2.61 bits per heavy atom. The first-order valence-corrected chi connectivity index (χ1v) is 6.12. The highest BCUT2D eigenvalue weighted by Crippen LogP contribution is 2.13. The smallest absolute Gasteiger partial charge is 0.131 e. The molecule has 0 radical (unpaired) electrons. The molecule has 0 atom stereocenters. The zero-order valence-corrected chi connectivity index (χ0v) is 10.4. The van der Waals surface area contributed by atoms with Gasteiger partial charge in [0, 0.05) is 17.6 Å². The second kappa shape index (κ2) is 5.91. The number of nitrogens with zero attached hydrogens (tertiary/aromatic N) is 3. The van der Waals surface area contributed by atoms with Crippen molar-refractivity contribution in [2.24, 2.45) is 0 Å². The van der Waals surface area contributed by atoms with Gasteiger partial charge in [-0.05, 0) is 25.0 Å². The third-order valence-corrected chi connectivity index (χ3v) is 2.80. The van der Waals surface area contributed by atoms with Crippen LogP contribution in [0.2, 0.25) is 0 Å². The normalized spacial score (nSPS) is 10.8. The van der Waals surface area contributed by atoms with E-state index in [0.29, 0.717) is 12.3 Å². The molecular formula is C12H12ClF2N3. The van der Waals surface area contributed by atoms with Crippen molar-refractivity contribution < 1.29 is 8.78 Å². The molecular weight excluding hydrogens is 260 g/mol. The molecule has 3 nitrogen and oxygen atoms in total. The lowest BCUT2D eigenvalue weighted by atomic mass is 10.2. The molecule has 0 saturated heterocycles.